The minimum atomic E-state index is -0.263. The second kappa shape index (κ2) is 5.21. The minimum Gasteiger partial charge on any atom is -0.281 e. The minimum absolute atomic E-state index is 0.263. The van der Waals surface area contributed by atoms with Gasteiger partial charge in [-0.1, -0.05) is 0 Å². The van der Waals surface area contributed by atoms with Crippen molar-refractivity contribution in [3.8, 4) is 5.69 Å². The van der Waals surface area contributed by atoms with E-state index in [-0.39, 0.29) is 5.82 Å². The zero-order valence-corrected chi connectivity index (χ0v) is 11.7. The molecule has 3 rings (SSSR count). The van der Waals surface area contributed by atoms with Crippen LogP contribution in [0.5, 0.6) is 0 Å². The van der Waals surface area contributed by atoms with E-state index < -0.39 is 0 Å². The molecule has 3 nitrogen and oxygen atoms in total. The topological polar surface area (TPSA) is 30.7 Å². The number of rotatable bonds is 3. The van der Waals surface area contributed by atoms with Crippen LogP contribution in [0.4, 0.5) is 4.39 Å². The van der Waals surface area contributed by atoms with Crippen molar-refractivity contribution in [3.63, 3.8) is 0 Å². The van der Waals surface area contributed by atoms with Gasteiger partial charge in [0, 0.05) is 23.7 Å². The largest absolute Gasteiger partial charge is 0.281 e. The van der Waals surface area contributed by atoms with E-state index in [1.165, 1.54) is 12.1 Å². The lowest BCUT2D eigenvalue weighted by atomic mass is 10.3. The van der Waals surface area contributed by atoms with E-state index in [2.05, 4.69) is 9.97 Å². The van der Waals surface area contributed by atoms with Crippen LogP contribution in [0.2, 0.25) is 0 Å². The standard InChI is InChI=1S/C15H13ClFN3/c1-10-2-7-13-15(18-10)20(14(19-13)8-9-16)12-5-3-11(17)4-6-12/h2-7H,8-9H2,1H3. The number of hydrogen-bond donors (Lipinski definition) is 0. The highest BCUT2D eigenvalue weighted by molar-refractivity contribution is 6.17. The maximum Gasteiger partial charge on any atom is 0.164 e. The molecule has 0 spiro atoms. The molecule has 0 aliphatic carbocycles. The van der Waals surface area contributed by atoms with E-state index in [4.69, 9.17) is 11.6 Å². The number of pyridine rings is 1. The summed E-state index contributed by atoms with van der Waals surface area (Å²) in [5, 5.41) is 0. The number of fused-ring (bicyclic) bond motifs is 1. The fraction of sp³-hybridized carbons (Fsp3) is 0.200. The molecule has 5 heteroatoms. The summed E-state index contributed by atoms with van der Waals surface area (Å²) >= 11 is 5.85. The van der Waals surface area contributed by atoms with Crippen LogP contribution >= 0.6 is 11.6 Å². The zero-order valence-electron chi connectivity index (χ0n) is 11.0. The summed E-state index contributed by atoms with van der Waals surface area (Å²) in [5.74, 6) is 1.05. The number of aryl methyl sites for hydroxylation is 2. The van der Waals surface area contributed by atoms with Crippen molar-refractivity contribution in [2.75, 3.05) is 5.88 Å². The van der Waals surface area contributed by atoms with Crippen LogP contribution in [-0.2, 0) is 6.42 Å². The van der Waals surface area contributed by atoms with Crippen LogP contribution in [0.25, 0.3) is 16.9 Å². The highest BCUT2D eigenvalue weighted by Gasteiger charge is 2.13. The van der Waals surface area contributed by atoms with Crippen molar-refractivity contribution in [2.45, 2.75) is 13.3 Å². The van der Waals surface area contributed by atoms with E-state index in [1.54, 1.807) is 12.1 Å². The monoisotopic (exact) mass is 289 g/mol. The third kappa shape index (κ3) is 2.27. The summed E-state index contributed by atoms with van der Waals surface area (Å²) in [6.07, 6.45) is 0.633. The van der Waals surface area contributed by atoms with Crippen LogP contribution in [0, 0.1) is 12.7 Å². The summed E-state index contributed by atoms with van der Waals surface area (Å²) in [5.41, 5.74) is 3.35. The van der Waals surface area contributed by atoms with Gasteiger partial charge in [-0.3, -0.25) is 4.57 Å². The number of hydrogen-bond acceptors (Lipinski definition) is 2. The number of nitrogens with zero attached hydrogens (tertiary/aromatic N) is 3. The van der Waals surface area contributed by atoms with Crippen molar-refractivity contribution in [1.29, 1.82) is 0 Å². The van der Waals surface area contributed by atoms with Gasteiger partial charge in [0.2, 0.25) is 0 Å². The Morgan fingerprint density at radius 2 is 1.85 bits per heavy atom. The van der Waals surface area contributed by atoms with Crippen molar-refractivity contribution < 1.29 is 4.39 Å². The Morgan fingerprint density at radius 1 is 1.10 bits per heavy atom. The molecule has 0 N–H and O–H groups in total. The molecule has 2 aromatic heterocycles. The maximum atomic E-state index is 13.1. The average Bonchev–Trinajstić information content (AvgIpc) is 2.78. The predicted molar refractivity (Wildman–Crippen MR) is 78.0 cm³/mol. The smallest absolute Gasteiger partial charge is 0.164 e. The van der Waals surface area contributed by atoms with E-state index >= 15 is 0 Å². The predicted octanol–water partition coefficient (Wildman–Crippen LogP) is 3.65. The Kier molecular flexibility index (Phi) is 3.40. The molecule has 0 fully saturated rings. The van der Waals surface area contributed by atoms with Gasteiger partial charge < -0.3 is 0 Å². The molecule has 20 heavy (non-hydrogen) atoms. The molecule has 1 aromatic carbocycles. The van der Waals surface area contributed by atoms with Crippen LogP contribution in [-0.4, -0.2) is 20.4 Å². The van der Waals surface area contributed by atoms with Crippen LogP contribution in [0.1, 0.15) is 11.5 Å². The summed E-state index contributed by atoms with van der Waals surface area (Å²) in [6, 6.07) is 10.2. The lowest BCUT2D eigenvalue weighted by Crippen LogP contribution is -2.03. The molecule has 102 valence electrons. The van der Waals surface area contributed by atoms with Gasteiger partial charge in [0.25, 0.3) is 0 Å². The van der Waals surface area contributed by atoms with E-state index in [0.29, 0.717) is 12.3 Å². The number of alkyl halides is 1. The Hall–Kier alpha value is -1.94. The van der Waals surface area contributed by atoms with Gasteiger partial charge in [-0.25, -0.2) is 14.4 Å². The second-order valence-corrected chi connectivity index (χ2v) is 4.95. The first kappa shape index (κ1) is 13.1. The van der Waals surface area contributed by atoms with Crippen molar-refractivity contribution in [3.05, 3.63) is 53.7 Å². The Labute approximate surface area is 121 Å². The fourth-order valence-corrected chi connectivity index (χ4v) is 2.38. The number of benzene rings is 1. The molecular formula is C15H13ClFN3. The van der Waals surface area contributed by atoms with Crippen LogP contribution in [0.15, 0.2) is 36.4 Å². The van der Waals surface area contributed by atoms with Gasteiger partial charge in [-0.05, 0) is 43.3 Å². The molecule has 0 bridgehead atoms. The quantitative estimate of drug-likeness (QED) is 0.689. The summed E-state index contributed by atoms with van der Waals surface area (Å²) in [6.45, 7) is 1.93. The van der Waals surface area contributed by atoms with Crippen LogP contribution < -0.4 is 0 Å². The third-order valence-electron chi connectivity index (χ3n) is 3.12. The highest BCUT2D eigenvalue weighted by Crippen LogP contribution is 2.21. The van der Waals surface area contributed by atoms with E-state index in [0.717, 1.165) is 28.4 Å². The van der Waals surface area contributed by atoms with Gasteiger partial charge in [0.05, 0.1) is 0 Å². The highest BCUT2D eigenvalue weighted by atomic mass is 35.5. The average molecular weight is 290 g/mol. The van der Waals surface area contributed by atoms with Crippen molar-refractivity contribution >= 4 is 22.8 Å². The molecule has 0 amide bonds. The van der Waals surface area contributed by atoms with Crippen molar-refractivity contribution in [1.82, 2.24) is 14.5 Å². The lowest BCUT2D eigenvalue weighted by molar-refractivity contribution is 0.627. The molecule has 0 aliphatic heterocycles. The van der Waals surface area contributed by atoms with Gasteiger partial charge in [-0.15, -0.1) is 11.6 Å². The van der Waals surface area contributed by atoms with E-state index in [9.17, 15) is 4.39 Å². The zero-order chi connectivity index (χ0) is 14.1. The molecule has 0 saturated heterocycles. The molecule has 0 saturated carbocycles. The Balaban J connectivity index is 2.27. The van der Waals surface area contributed by atoms with Gasteiger partial charge in [0.15, 0.2) is 5.65 Å². The molecule has 3 aromatic rings. The van der Waals surface area contributed by atoms with Gasteiger partial charge in [-0.2, -0.15) is 0 Å². The second-order valence-electron chi connectivity index (χ2n) is 4.57. The van der Waals surface area contributed by atoms with Gasteiger partial charge >= 0.3 is 0 Å². The lowest BCUT2D eigenvalue weighted by Gasteiger charge is -2.08. The third-order valence-corrected chi connectivity index (χ3v) is 3.31. The Bertz CT molecular complexity index is 750. The van der Waals surface area contributed by atoms with E-state index in [1.807, 2.05) is 23.6 Å². The molecule has 0 unspecified atom stereocenters. The Morgan fingerprint density at radius 3 is 2.55 bits per heavy atom. The molecule has 0 atom stereocenters. The number of aromatic nitrogens is 3. The SMILES string of the molecule is Cc1ccc2nc(CCCl)n(-c3ccc(F)cc3)c2n1. The summed E-state index contributed by atoms with van der Waals surface area (Å²) in [7, 11) is 0. The van der Waals surface area contributed by atoms with Gasteiger partial charge in [0.1, 0.15) is 17.2 Å². The first-order chi connectivity index (χ1) is 9.69. The molecule has 2 heterocycles. The number of halogens is 2. The molecule has 0 radical (unpaired) electrons. The normalized spacial score (nSPS) is 11.2. The van der Waals surface area contributed by atoms with Crippen molar-refractivity contribution in [2.24, 2.45) is 0 Å². The molecule has 0 aliphatic rings. The fourth-order valence-electron chi connectivity index (χ4n) is 2.21. The first-order valence-electron chi connectivity index (χ1n) is 6.36. The number of imidazole rings is 1. The first-order valence-corrected chi connectivity index (χ1v) is 6.89. The van der Waals surface area contributed by atoms with Crippen LogP contribution in [0.3, 0.4) is 0 Å². The summed E-state index contributed by atoms with van der Waals surface area (Å²) < 4.78 is 15.0. The molecular weight excluding hydrogens is 277 g/mol. The maximum absolute atomic E-state index is 13.1. The summed E-state index contributed by atoms with van der Waals surface area (Å²) in [4.78, 5) is 9.11.